The van der Waals surface area contributed by atoms with E-state index in [1.807, 2.05) is 61.5 Å². The Hall–Kier alpha value is -2.80. The molecule has 0 aliphatic rings. The van der Waals surface area contributed by atoms with Crippen molar-refractivity contribution in [3.05, 3.63) is 65.2 Å². The second-order valence-electron chi connectivity index (χ2n) is 4.54. The summed E-state index contributed by atoms with van der Waals surface area (Å²) >= 11 is 0. The third-order valence-electron chi connectivity index (χ3n) is 2.92. The average molecular weight is 280 g/mol. The first-order valence-electron chi connectivity index (χ1n) is 6.53. The van der Waals surface area contributed by atoms with E-state index < -0.39 is 0 Å². The van der Waals surface area contributed by atoms with Gasteiger partial charge in [0.25, 0.3) is 0 Å². The standard InChI is InChI=1S/C17H16N2O2/c1-13-6-8-16(9-7-13)21-12-14-4-3-5-15(10-14)17(11-18)19-20-2/h3-10H,12H2,1-2H3/b19-17-. The first-order valence-corrected chi connectivity index (χ1v) is 6.53. The molecule has 0 saturated heterocycles. The maximum Gasteiger partial charge on any atom is 0.186 e. The molecule has 0 saturated carbocycles. The Kier molecular flexibility index (Phi) is 4.94. The first kappa shape index (κ1) is 14.6. The Balaban J connectivity index is 2.09. The fourth-order valence-corrected chi connectivity index (χ4v) is 1.84. The molecule has 0 amide bonds. The van der Waals surface area contributed by atoms with Crippen LogP contribution in [-0.2, 0) is 11.4 Å². The van der Waals surface area contributed by atoms with Gasteiger partial charge in [0.05, 0.1) is 0 Å². The third kappa shape index (κ3) is 4.08. The van der Waals surface area contributed by atoms with Gasteiger partial charge in [0.15, 0.2) is 5.71 Å². The van der Waals surface area contributed by atoms with Crippen molar-refractivity contribution in [2.75, 3.05) is 7.11 Å². The van der Waals surface area contributed by atoms with Crippen molar-refractivity contribution in [2.45, 2.75) is 13.5 Å². The van der Waals surface area contributed by atoms with Gasteiger partial charge in [-0.3, -0.25) is 0 Å². The largest absolute Gasteiger partial charge is 0.489 e. The molecule has 0 aromatic heterocycles. The monoisotopic (exact) mass is 280 g/mol. The minimum Gasteiger partial charge on any atom is -0.489 e. The highest BCUT2D eigenvalue weighted by Crippen LogP contribution is 2.14. The zero-order valence-corrected chi connectivity index (χ0v) is 12.0. The number of hydrogen-bond acceptors (Lipinski definition) is 4. The molecule has 0 bridgehead atoms. The van der Waals surface area contributed by atoms with E-state index in [2.05, 4.69) is 9.99 Å². The molecule has 0 radical (unpaired) electrons. The molecular formula is C17H16N2O2. The van der Waals surface area contributed by atoms with E-state index in [-0.39, 0.29) is 5.71 Å². The predicted octanol–water partition coefficient (Wildman–Crippen LogP) is 3.45. The SMILES string of the molecule is CO/N=C(/C#N)c1cccc(COc2ccc(C)cc2)c1. The minimum atomic E-state index is 0.245. The van der Waals surface area contributed by atoms with Crippen LogP contribution in [0.3, 0.4) is 0 Å². The number of oxime groups is 1. The number of rotatable bonds is 5. The van der Waals surface area contributed by atoms with Gasteiger partial charge >= 0.3 is 0 Å². The van der Waals surface area contributed by atoms with Crippen LogP contribution in [0, 0.1) is 18.3 Å². The highest BCUT2D eigenvalue weighted by molar-refractivity contribution is 6.11. The minimum absolute atomic E-state index is 0.245. The van der Waals surface area contributed by atoms with Crippen LogP contribution in [-0.4, -0.2) is 12.8 Å². The molecule has 2 aromatic rings. The fourth-order valence-electron chi connectivity index (χ4n) is 1.84. The van der Waals surface area contributed by atoms with Crippen molar-refractivity contribution in [3.8, 4) is 11.8 Å². The zero-order chi connectivity index (χ0) is 15.1. The normalized spacial score (nSPS) is 10.8. The molecule has 0 aliphatic heterocycles. The van der Waals surface area contributed by atoms with Crippen LogP contribution in [0.15, 0.2) is 53.7 Å². The van der Waals surface area contributed by atoms with Gasteiger partial charge in [-0.2, -0.15) is 5.26 Å². The Bertz CT molecular complexity index is 670. The van der Waals surface area contributed by atoms with E-state index in [0.29, 0.717) is 12.2 Å². The summed E-state index contributed by atoms with van der Waals surface area (Å²) in [5.41, 5.74) is 3.12. The van der Waals surface area contributed by atoms with Gasteiger partial charge < -0.3 is 9.57 Å². The summed E-state index contributed by atoms with van der Waals surface area (Å²) in [4.78, 5) is 4.66. The summed E-state index contributed by atoms with van der Waals surface area (Å²) in [6, 6.07) is 17.4. The highest BCUT2D eigenvalue weighted by atomic mass is 16.6. The molecule has 0 spiro atoms. The number of hydrogen-bond donors (Lipinski definition) is 0. The van der Waals surface area contributed by atoms with Gasteiger partial charge in [-0.15, -0.1) is 0 Å². The molecule has 4 nitrogen and oxygen atoms in total. The third-order valence-corrected chi connectivity index (χ3v) is 2.92. The highest BCUT2D eigenvalue weighted by Gasteiger charge is 2.05. The van der Waals surface area contributed by atoms with Crippen LogP contribution in [0.5, 0.6) is 5.75 Å². The Morgan fingerprint density at radius 1 is 1.19 bits per heavy atom. The van der Waals surface area contributed by atoms with E-state index in [4.69, 9.17) is 10.00 Å². The van der Waals surface area contributed by atoms with Crippen molar-refractivity contribution in [2.24, 2.45) is 5.16 Å². The topological polar surface area (TPSA) is 54.6 Å². The van der Waals surface area contributed by atoms with Crippen LogP contribution in [0.4, 0.5) is 0 Å². The molecule has 106 valence electrons. The zero-order valence-electron chi connectivity index (χ0n) is 12.0. The molecule has 2 rings (SSSR count). The van der Waals surface area contributed by atoms with E-state index in [0.717, 1.165) is 11.3 Å². The lowest BCUT2D eigenvalue weighted by Gasteiger charge is -2.07. The summed E-state index contributed by atoms with van der Waals surface area (Å²) in [6.07, 6.45) is 0. The Morgan fingerprint density at radius 3 is 2.62 bits per heavy atom. The van der Waals surface area contributed by atoms with Crippen molar-refractivity contribution in [3.63, 3.8) is 0 Å². The Labute approximate surface area is 124 Å². The van der Waals surface area contributed by atoms with Crippen LogP contribution < -0.4 is 4.74 Å². The summed E-state index contributed by atoms with van der Waals surface area (Å²) in [7, 11) is 1.42. The molecule has 4 heteroatoms. The summed E-state index contributed by atoms with van der Waals surface area (Å²) in [5.74, 6) is 0.817. The Morgan fingerprint density at radius 2 is 1.95 bits per heavy atom. The molecule has 0 N–H and O–H groups in total. The van der Waals surface area contributed by atoms with E-state index in [9.17, 15) is 0 Å². The molecule has 0 atom stereocenters. The maximum atomic E-state index is 9.04. The fraction of sp³-hybridized carbons (Fsp3) is 0.176. The summed E-state index contributed by atoms with van der Waals surface area (Å²) in [6.45, 7) is 2.47. The van der Waals surface area contributed by atoms with Crippen LogP contribution >= 0.6 is 0 Å². The van der Waals surface area contributed by atoms with E-state index in [1.165, 1.54) is 12.7 Å². The number of aryl methyl sites for hydroxylation is 1. The summed E-state index contributed by atoms with van der Waals surface area (Å²) in [5, 5.41) is 12.7. The van der Waals surface area contributed by atoms with Crippen LogP contribution in [0.25, 0.3) is 0 Å². The lowest BCUT2D eigenvalue weighted by atomic mass is 10.1. The number of benzene rings is 2. The molecule has 21 heavy (non-hydrogen) atoms. The quantitative estimate of drug-likeness (QED) is 0.622. The molecule has 0 aliphatic carbocycles. The van der Waals surface area contributed by atoms with Crippen molar-refractivity contribution < 1.29 is 9.57 Å². The summed E-state index contributed by atoms with van der Waals surface area (Å²) < 4.78 is 5.72. The van der Waals surface area contributed by atoms with Gasteiger partial charge in [-0.05, 0) is 30.7 Å². The predicted molar refractivity (Wildman–Crippen MR) is 81.1 cm³/mol. The van der Waals surface area contributed by atoms with Gasteiger partial charge in [0.1, 0.15) is 25.5 Å². The number of nitriles is 1. The maximum absolute atomic E-state index is 9.04. The molecular weight excluding hydrogens is 264 g/mol. The lowest BCUT2D eigenvalue weighted by Crippen LogP contribution is -2.01. The van der Waals surface area contributed by atoms with E-state index in [1.54, 1.807) is 0 Å². The number of ether oxygens (including phenoxy) is 1. The number of nitrogens with zero attached hydrogens (tertiary/aromatic N) is 2. The molecule has 0 unspecified atom stereocenters. The second-order valence-corrected chi connectivity index (χ2v) is 4.54. The van der Waals surface area contributed by atoms with Crippen molar-refractivity contribution >= 4 is 5.71 Å². The van der Waals surface area contributed by atoms with Gasteiger partial charge in [0.2, 0.25) is 0 Å². The van der Waals surface area contributed by atoms with Crippen LogP contribution in [0.1, 0.15) is 16.7 Å². The smallest absolute Gasteiger partial charge is 0.186 e. The van der Waals surface area contributed by atoms with Crippen LogP contribution in [0.2, 0.25) is 0 Å². The van der Waals surface area contributed by atoms with Gasteiger partial charge in [-0.25, -0.2) is 0 Å². The second kappa shape index (κ2) is 7.11. The van der Waals surface area contributed by atoms with Crippen molar-refractivity contribution in [1.82, 2.24) is 0 Å². The average Bonchev–Trinajstić information content (AvgIpc) is 2.52. The molecule has 2 aromatic carbocycles. The first-order chi connectivity index (χ1) is 10.2. The van der Waals surface area contributed by atoms with E-state index >= 15 is 0 Å². The van der Waals surface area contributed by atoms with Gasteiger partial charge in [0, 0.05) is 5.56 Å². The van der Waals surface area contributed by atoms with Crippen molar-refractivity contribution in [1.29, 1.82) is 5.26 Å². The molecule has 0 fully saturated rings. The van der Waals surface area contributed by atoms with Gasteiger partial charge in [-0.1, -0.05) is 41.1 Å². The lowest BCUT2D eigenvalue weighted by molar-refractivity contribution is 0.214. The molecule has 0 heterocycles.